The molecule has 5 nitrogen and oxygen atoms in total. The van der Waals surface area contributed by atoms with E-state index in [9.17, 15) is 4.79 Å². The number of aromatic nitrogens is 3. The number of nitrogens with zero attached hydrogens (tertiary/aromatic N) is 3. The monoisotopic (exact) mass is 253 g/mol. The minimum absolute atomic E-state index is 0.374. The molecule has 0 aliphatic heterocycles. The van der Waals surface area contributed by atoms with Gasteiger partial charge in [0.1, 0.15) is 10.5 Å². The van der Waals surface area contributed by atoms with Gasteiger partial charge in [-0.05, 0) is 23.9 Å². The second-order valence-electron chi connectivity index (χ2n) is 2.68. The molecule has 2 heterocycles. The summed E-state index contributed by atoms with van der Waals surface area (Å²) in [5.74, 6) is -0.374. The largest absolute Gasteiger partial charge is 0.465 e. The van der Waals surface area contributed by atoms with Crippen molar-refractivity contribution in [3.8, 4) is 0 Å². The number of ether oxygens (including phenoxy) is 1. The Balaban J connectivity index is 2.19. The van der Waals surface area contributed by atoms with E-state index in [2.05, 4.69) is 19.9 Å². The van der Waals surface area contributed by atoms with Crippen molar-refractivity contribution in [1.82, 2.24) is 15.2 Å². The maximum atomic E-state index is 11.3. The van der Waals surface area contributed by atoms with Gasteiger partial charge in [0.25, 0.3) is 0 Å². The number of hydrogen-bond acceptors (Lipinski definition) is 7. The zero-order valence-corrected chi connectivity index (χ0v) is 9.92. The first kappa shape index (κ1) is 11.0. The lowest BCUT2D eigenvalue weighted by atomic mass is 10.3. The number of esters is 1. The maximum absolute atomic E-state index is 11.3. The predicted molar refractivity (Wildman–Crippen MR) is 59.6 cm³/mol. The molecule has 0 spiro atoms. The Labute approximate surface area is 99.9 Å². The average molecular weight is 253 g/mol. The first-order valence-corrected chi connectivity index (χ1v) is 5.97. The van der Waals surface area contributed by atoms with Gasteiger partial charge in [0, 0.05) is 6.20 Å². The fraction of sp³-hybridized carbons (Fsp3) is 0.111. The maximum Gasteiger partial charge on any atom is 0.337 e. The molecule has 2 rings (SSSR count). The fourth-order valence-electron chi connectivity index (χ4n) is 1.01. The first-order chi connectivity index (χ1) is 7.79. The zero-order valence-electron chi connectivity index (χ0n) is 8.28. The number of carbonyl (C=O) groups excluding carboxylic acids is 1. The third-order valence-electron chi connectivity index (χ3n) is 1.69. The smallest absolute Gasteiger partial charge is 0.337 e. The number of hydrogen-bond donors (Lipinski definition) is 0. The summed E-state index contributed by atoms with van der Waals surface area (Å²) in [7, 11) is 1.35. The summed E-state index contributed by atoms with van der Waals surface area (Å²) in [4.78, 5) is 15.4. The predicted octanol–water partition coefficient (Wildman–Crippen LogP) is 1.87. The second kappa shape index (κ2) is 5.04. The van der Waals surface area contributed by atoms with Gasteiger partial charge in [0.05, 0.1) is 12.7 Å². The molecule has 0 unspecified atom stereocenters. The molecule has 16 heavy (non-hydrogen) atoms. The van der Waals surface area contributed by atoms with E-state index < -0.39 is 0 Å². The standard InChI is InChI=1S/C9H7N3O2S2/c1-14-8(13)6-2-3-10-7(4-6)16-9-12-11-5-15-9/h2-5H,1H3. The Morgan fingerprint density at radius 2 is 2.44 bits per heavy atom. The van der Waals surface area contributed by atoms with Gasteiger partial charge in [-0.15, -0.1) is 10.2 Å². The Hall–Kier alpha value is -1.47. The zero-order chi connectivity index (χ0) is 11.4. The number of methoxy groups -OCH3 is 1. The topological polar surface area (TPSA) is 65.0 Å². The molecule has 0 aliphatic carbocycles. The van der Waals surface area contributed by atoms with Gasteiger partial charge in [-0.3, -0.25) is 0 Å². The van der Waals surface area contributed by atoms with Crippen molar-refractivity contribution in [3.05, 3.63) is 29.4 Å². The highest BCUT2D eigenvalue weighted by molar-refractivity contribution is 8.00. The van der Waals surface area contributed by atoms with Crippen LogP contribution in [-0.4, -0.2) is 28.3 Å². The molecule has 2 aromatic rings. The lowest BCUT2D eigenvalue weighted by Crippen LogP contribution is -2.01. The molecular formula is C9H7N3O2S2. The van der Waals surface area contributed by atoms with Crippen LogP contribution < -0.4 is 0 Å². The van der Waals surface area contributed by atoms with E-state index in [0.29, 0.717) is 10.6 Å². The van der Waals surface area contributed by atoms with Crippen LogP contribution >= 0.6 is 23.1 Å². The van der Waals surface area contributed by atoms with Crippen molar-refractivity contribution in [3.63, 3.8) is 0 Å². The van der Waals surface area contributed by atoms with E-state index in [-0.39, 0.29) is 5.97 Å². The minimum Gasteiger partial charge on any atom is -0.465 e. The molecule has 0 amide bonds. The Bertz CT molecular complexity index is 487. The van der Waals surface area contributed by atoms with Crippen LogP contribution in [0.15, 0.2) is 33.2 Å². The number of carbonyl (C=O) groups is 1. The molecule has 0 bridgehead atoms. The summed E-state index contributed by atoms with van der Waals surface area (Å²) >= 11 is 2.78. The number of pyridine rings is 1. The SMILES string of the molecule is COC(=O)c1ccnc(Sc2nncs2)c1. The van der Waals surface area contributed by atoms with Crippen molar-refractivity contribution in [2.75, 3.05) is 7.11 Å². The third kappa shape index (κ3) is 2.56. The molecule has 0 radical (unpaired) electrons. The average Bonchev–Trinajstić information content (AvgIpc) is 2.81. The van der Waals surface area contributed by atoms with Gasteiger partial charge in [-0.25, -0.2) is 9.78 Å². The highest BCUT2D eigenvalue weighted by Gasteiger charge is 2.08. The molecule has 0 saturated heterocycles. The van der Waals surface area contributed by atoms with Crippen LogP contribution in [0.4, 0.5) is 0 Å². The van der Waals surface area contributed by atoms with E-state index in [0.717, 1.165) is 4.34 Å². The second-order valence-corrected chi connectivity index (χ2v) is 4.78. The quantitative estimate of drug-likeness (QED) is 0.778. The van der Waals surface area contributed by atoms with Gasteiger partial charge in [0.15, 0.2) is 4.34 Å². The molecular weight excluding hydrogens is 246 g/mol. The first-order valence-electron chi connectivity index (χ1n) is 4.28. The third-order valence-corrected chi connectivity index (χ3v) is 3.40. The molecule has 2 aromatic heterocycles. The number of rotatable bonds is 3. The fourth-order valence-corrected chi connectivity index (χ4v) is 2.43. The molecule has 0 aliphatic rings. The van der Waals surface area contributed by atoms with Crippen LogP contribution in [0.25, 0.3) is 0 Å². The van der Waals surface area contributed by atoms with Crippen LogP contribution in [-0.2, 0) is 4.74 Å². The molecule has 7 heteroatoms. The summed E-state index contributed by atoms with van der Waals surface area (Å²) in [6.07, 6.45) is 1.57. The Morgan fingerprint density at radius 1 is 1.56 bits per heavy atom. The van der Waals surface area contributed by atoms with Crippen LogP contribution in [0, 0.1) is 0 Å². The lowest BCUT2D eigenvalue weighted by Gasteiger charge is -2.00. The van der Waals surface area contributed by atoms with E-state index in [4.69, 9.17) is 0 Å². The van der Waals surface area contributed by atoms with E-state index in [1.807, 2.05) is 0 Å². The van der Waals surface area contributed by atoms with Crippen LogP contribution in [0.1, 0.15) is 10.4 Å². The minimum atomic E-state index is -0.374. The molecule has 0 aromatic carbocycles. The molecule has 82 valence electrons. The summed E-state index contributed by atoms with van der Waals surface area (Å²) in [6, 6.07) is 3.27. The molecule has 0 atom stereocenters. The van der Waals surface area contributed by atoms with Crippen LogP contribution in [0.2, 0.25) is 0 Å². The summed E-state index contributed by atoms with van der Waals surface area (Å²) in [6.45, 7) is 0. The van der Waals surface area contributed by atoms with E-state index >= 15 is 0 Å². The van der Waals surface area contributed by atoms with Crippen LogP contribution in [0.3, 0.4) is 0 Å². The molecule has 0 saturated carbocycles. The van der Waals surface area contributed by atoms with E-state index in [1.165, 1.54) is 30.2 Å². The Kier molecular flexibility index (Phi) is 3.47. The van der Waals surface area contributed by atoms with Crippen molar-refractivity contribution >= 4 is 29.1 Å². The molecule has 0 fully saturated rings. The van der Waals surface area contributed by atoms with E-state index in [1.54, 1.807) is 23.8 Å². The van der Waals surface area contributed by atoms with Crippen molar-refractivity contribution < 1.29 is 9.53 Å². The van der Waals surface area contributed by atoms with Gasteiger partial charge < -0.3 is 4.74 Å². The summed E-state index contributed by atoms with van der Waals surface area (Å²) < 4.78 is 5.41. The van der Waals surface area contributed by atoms with Crippen molar-refractivity contribution in [2.24, 2.45) is 0 Å². The van der Waals surface area contributed by atoms with Crippen molar-refractivity contribution in [2.45, 2.75) is 9.37 Å². The van der Waals surface area contributed by atoms with Crippen LogP contribution in [0.5, 0.6) is 0 Å². The highest BCUT2D eigenvalue weighted by atomic mass is 32.2. The van der Waals surface area contributed by atoms with Gasteiger partial charge in [-0.1, -0.05) is 11.3 Å². The molecule has 0 N–H and O–H groups in total. The summed E-state index contributed by atoms with van der Waals surface area (Å²) in [5, 5.41) is 8.30. The highest BCUT2D eigenvalue weighted by Crippen LogP contribution is 2.27. The lowest BCUT2D eigenvalue weighted by molar-refractivity contribution is 0.0600. The van der Waals surface area contributed by atoms with Gasteiger partial charge in [0.2, 0.25) is 0 Å². The summed E-state index contributed by atoms with van der Waals surface area (Å²) in [5.41, 5.74) is 2.12. The van der Waals surface area contributed by atoms with Crippen molar-refractivity contribution in [1.29, 1.82) is 0 Å². The van der Waals surface area contributed by atoms with Gasteiger partial charge in [-0.2, -0.15) is 0 Å². The normalized spacial score (nSPS) is 10.1. The Morgan fingerprint density at radius 3 is 3.12 bits per heavy atom. The van der Waals surface area contributed by atoms with Gasteiger partial charge >= 0.3 is 5.97 Å².